The van der Waals surface area contributed by atoms with Crippen molar-refractivity contribution in [2.24, 2.45) is 11.3 Å². The second-order valence-electron chi connectivity index (χ2n) is 11.5. The van der Waals surface area contributed by atoms with E-state index in [2.05, 4.69) is 16.0 Å². The Kier molecular flexibility index (Phi) is 12.2. The van der Waals surface area contributed by atoms with Crippen LogP contribution in [0.1, 0.15) is 72.8 Å². The Balaban J connectivity index is 1.76. The third-order valence-electron chi connectivity index (χ3n) is 6.41. The van der Waals surface area contributed by atoms with Crippen LogP contribution in [0.5, 0.6) is 0 Å². The third-order valence-corrected chi connectivity index (χ3v) is 6.41. The molecule has 1 aromatic rings. The molecule has 1 aliphatic heterocycles. The lowest BCUT2D eigenvalue weighted by Gasteiger charge is -2.24. The van der Waals surface area contributed by atoms with Crippen molar-refractivity contribution in [3.05, 3.63) is 42.0 Å². The molecule has 11 heteroatoms. The molecular weight excluding hydrogens is 528 g/mol. The summed E-state index contributed by atoms with van der Waals surface area (Å²) < 4.78 is 5.29. The molecular formula is C30H42N4O7. The van der Waals surface area contributed by atoms with Gasteiger partial charge in [0.15, 0.2) is 0 Å². The van der Waals surface area contributed by atoms with E-state index in [-0.39, 0.29) is 42.6 Å². The Bertz CT molecular complexity index is 1130. The number of nitrogens with zero attached hydrogens (tertiary/aromatic N) is 1. The summed E-state index contributed by atoms with van der Waals surface area (Å²) in [4.78, 5) is 74.3. The minimum atomic E-state index is -0.862. The van der Waals surface area contributed by atoms with E-state index in [1.807, 2.05) is 0 Å². The van der Waals surface area contributed by atoms with Crippen molar-refractivity contribution in [1.82, 2.24) is 15.5 Å². The van der Waals surface area contributed by atoms with Gasteiger partial charge in [-0.3, -0.25) is 33.7 Å². The fraction of sp³-hybridized carbons (Fsp3) is 0.533. The maximum absolute atomic E-state index is 12.9. The Labute approximate surface area is 241 Å². The number of unbranched alkanes of at least 4 members (excludes halogenated alkanes) is 2. The zero-order valence-corrected chi connectivity index (χ0v) is 24.7. The molecule has 0 saturated heterocycles. The summed E-state index contributed by atoms with van der Waals surface area (Å²) in [5, 5.41) is 8.15. The maximum Gasteiger partial charge on any atom is 0.311 e. The highest BCUT2D eigenvalue weighted by Gasteiger charge is 2.27. The van der Waals surface area contributed by atoms with Crippen LogP contribution in [0.2, 0.25) is 0 Å². The number of hydrogen-bond acceptors (Lipinski definition) is 7. The average Bonchev–Trinajstić information content (AvgIpc) is 3.22. The normalized spacial score (nSPS) is 14.6. The molecule has 0 fully saturated rings. The number of imide groups is 1. The van der Waals surface area contributed by atoms with Gasteiger partial charge in [-0.25, -0.2) is 0 Å². The van der Waals surface area contributed by atoms with Crippen molar-refractivity contribution in [2.45, 2.75) is 85.9 Å². The summed E-state index contributed by atoms with van der Waals surface area (Å²) in [6.07, 6.45) is 4.44. The molecule has 1 aliphatic rings. The lowest BCUT2D eigenvalue weighted by atomic mass is 9.97. The monoisotopic (exact) mass is 570 g/mol. The van der Waals surface area contributed by atoms with Gasteiger partial charge in [-0.1, -0.05) is 32.4 Å². The number of hydrogen-bond donors (Lipinski definition) is 3. The van der Waals surface area contributed by atoms with Gasteiger partial charge in [-0.15, -0.1) is 0 Å². The van der Waals surface area contributed by atoms with Gasteiger partial charge in [0.05, 0.1) is 5.41 Å². The topological polar surface area (TPSA) is 151 Å². The fourth-order valence-electron chi connectivity index (χ4n) is 3.83. The Morgan fingerprint density at radius 2 is 1.46 bits per heavy atom. The first-order valence-corrected chi connectivity index (χ1v) is 13.9. The lowest BCUT2D eigenvalue weighted by molar-refractivity contribution is -0.154. The Morgan fingerprint density at radius 1 is 0.854 bits per heavy atom. The highest BCUT2D eigenvalue weighted by atomic mass is 16.5. The molecule has 11 nitrogen and oxygen atoms in total. The van der Waals surface area contributed by atoms with Gasteiger partial charge in [0.25, 0.3) is 11.8 Å². The molecule has 0 bridgehead atoms. The molecule has 0 saturated carbocycles. The summed E-state index contributed by atoms with van der Waals surface area (Å²) >= 11 is 0. The summed E-state index contributed by atoms with van der Waals surface area (Å²) in [6, 6.07) is 5.16. The molecule has 0 radical (unpaired) electrons. The molecule has 0 spiro atoms. The highest BCUT2D eigenvalue weighted by Crippen LogP contribution is 2.17. The minimum Gasteiger partial charge on any atom is -0.460 e. The molecule has 2 rings (SSSR count). The van der Waals surface area contributed by atoms with Crippen LogP contribution < -0.4 is 16.0 Å². The van der Waals surface area contributed by atoms with E-state index in [1.54, 1.807) is 65.8 Å². The highest BCUT2D eigenvalue weighted by molar-refractivity contribution is 6.12. The van der Waals surface area contributed by atoms with E-state index in [4.69, 9.17) is 4.74 Å². The number of amides is 5. The number of rotatable bonds is 14. The zero-order valence-electron chi connectivity index (χ0n) is 24.7. The van der Waals surface area contributed by atoms with Crippen molar-refractivity contribution in [3.8, 4) is 0 Å². The number of carbonyl (C=O) groups is 6. The van der Waals surface area contributed by atoms with Crippen LogP contribution in [-0.2, 0) is 40.1 Å². The SMILES string of the molecule is CC(C)[C@@H](NC(=O)CCCCCN1C(=O)C=CC1=O)C(=O)N[C@H](C)C(=O)Nc1ccc(COC(=O)C(C)(C)C)cc1. The predicted octanol–water partition coefficient (Wildman–Crippen LogP) is 2.85. The standard InChI is InChI=1S/C30H42N4O7/c1-19(2)26(33-23(35)10-8-7-9-17-34-24(36)15-16-25(34)37)28(39)31-20(3)27(38)32-22-13-11-21(12-14-22)18-41-29(40)30(4,5)6/h11-16,19-20,26H,7-10,17-18H2,1-6H3,(H,31,39)(H,32,38)(H,33,35)/t20-,26-/m1/s1. The van der Waals surface area contributed by atoms with Crippen molar-refractivity contribution >= 4 is 41.2 Å². The zero-order chi connectivity index (χ0) is 30.7. The van der Waals surface area contributed by atoms with Gasteiger partial charge in [-0.05, 0) is 64.2 Å². The minimum absolute atomic E-state index is 0.122. The van der Waals surface area contributed by atoms with Crippen molar-refractivity contribution in [2.75, 3.05) is 11.9 Å². The van der Waals surface area contributed by atoms with E-state index in [1.165, 1.54) is 17.1 Å². The Morgan fingerprint density at radius 3 is 2.02 bits per heavy atom. The summed E-state index contributed by atoms with van der Waals surface area (Å²) in [6.45, 7) is 10.9. The number of esters is 1. The predicted molar refractivity (Wildman–Crippen MR) is 153 cm³/mol. The van der Waals surface area contributed by atoms with Crippen LogP contribution in [0, 0.1) is 11.3 Å². The smallest absolute Gasteiger partial charge is 0.311 e. The van der Waals surface area contributed by atoms with Gasteiger partial charge in [-0.2, -0.15) is 0 Å². The van der Waals surface area contributed by atoms with Crippen LogP contribution in [0.3, 0.4) is 0 Å². The molecule has 1 heterocycles. The molecule has 0 unspecified atom stereocenters. The van der Waals surface area contributed by atoms with Gasteiger partial charge in [0.1, 0.15) is 18.7 Å². The third kappa shape index (κ3) is 10.8. The van der Waals surface area contributed by atoms with Gasteiger partial charge in [0.2, 0.25) is 17.7 Å². The van der Waals surface area contributed by atoms with E-state index < -0.39 is 29.3 Å². The lowest BCUT2D eigenvalue weighted by Crippen LogP contribution is -2.53. The molecule has 224 valence electrons. The number of benzene rings is 1. The first-order chi connectivity index (χ1) is 19.2. The van der Waals surface area contributed by atoms with Gasteiger partial charge < -0.3 is 20.7 Å². The second-order valence-corrected chi connectivity index (χ2v) is 11.5. The molecule has 0 aromatic heterocycles. The second kappa shape index (κ2) is 15.1. The van der Waals surface area contributed by atoms with Gasteiger partial charge >= 0.3 is 5.97 Å². The number of carbonyl (C=O) groups excluding carboxylic acids is 6. The quantitative estimate of drug-likeness (QED) is 0.177. The van der Waals surface area contributed by atoms with Gasteiger partial charge in [0, 0.05) is 30.8 Å². The number of nitrogens with one attached hydrogen (secondary N) is 3. The van der Waals surface area contributed by atoms with E-state index in [0.717, 1.165) is 5.56 Å². The summed E-state index contributed by atoms with van der Waals surface area (Å²) in [5.41, 5.74) is 0.696. The van der Waals surface area contributed by atoms with Crippen LogP contribution in [0.15, 0.2) is 36.4 Å². The van der Waals surface area contributed by atoms with E-state index in [9.17, 15) is 28.8 Å². The molecule has 2 atom stereocenters. The van der Waals surface area contributed by atoms with E-state index >= 15 is 0 Å². The molecule has 41 heavy (non-hydrogen) atoms. The number of ether oxygens (including phenoxy) is 1. The largest absolute Gasteiger partial charge is 0.460 e. The summed E-state index contributed by atoms with van der Waals surface area (Å²) in [7, 11) is 0. The molecule has 1 aromatic carbocycles. The van der Waals surface area contributed by atoms with Crippen LogP contribution >= 0.6 is 0 Å². The first-order valence-electron chi connectivity index (χ1n) is 13.9. The van der Waals surface area contributed by atoms with Crippen LogP contribution in [-0.4, -0.2) is 59.0 Å². The maximum atomic E-state index is 12.9. The number of anilines is 1. The average molecular weight is 571 g/mol. The Hall–Kier alpha value is -4.02. The molecule has 0 aliphatic carbocycles. The van der Waals surface area contributed by atoms with Crippen LogP contribution in [0.25, 0.3) is 0 Å². The summed E-state index contributed by atoms with van der Waals surface area (Å²) in [5.74, 6) is -2.35. The van der Waals surface area contributed by atoms with Crippen molar-refractivity contribution in [1.29, 1.82) is 0 Å². The fourth-order valence-corrected chi connectivity index (χ4v) is 3.83. The van der Waals surface area contributed by atoms with Crippen molar-refractivity contribution in [3.63, 3.8) is 0 Å². The molecule has 3 N–H and O–H groups in total. The van der Waals surface area contributed by atoms with Crippen molar-refractivity contribution < 1.29 is 33.5 Å². The first kappa shape index (κ1) is 33.2. The van der Waals surface area contributed by atoms with E-state index in [0.29, 0.717) is 31.5 Å². The van der Waals surface area contributed by atoms with Crippen LogP contribution in [0.4, 0.5) is 5.69 Å². The molecule has 5 amide bonds.